The predicted molar refractivity (Wildman–Crippen MR) is 74.1 cm³/mol. The summed E-state index contributed by atoms with van der Waals surface area (Å²) in [6.45, 7) is 0.834. The van der Waals surface area contributed by atoms with E-state index in [1.165, 1.54) is 6.33 Å². The molecule has 8 nitrogen and oxygen atoms in total. The van der Waals surface area contributed by atoms with Crippen molar-refractivity contribution >= 4 is 17.3 Å². The number of aryl methyl sites for hydroxylation is 1. The van der Waals surface area contributed by atoms with Gasteiger partial charge < -0.3 is 25.9 Å². The monoisotopic (exact) mass is 277 g/mol. The highest BCUT2D eigenvalue weighted by Gasteiger charge is 2.20. The van der Waals surface area contributed by atoms with Gasteiger partial charge in [-0.3, -0.25) is 4.57 Å². The van der Waals surface area contributed by atoms with Crippen LogP contribution in [-0.2, 0) is 7.05 Å². The van der Waals surface area contributed by atoms with Crippen LogP contribution in [0.3, 0.4) is 0 Å². The molecule has 0 spiro atoms. The SMILES string of the molecule is Cn1cnc([N+](=O)[O-])c1Nc1cccc(OCCN)c1. The minimum Gasteiger partial charge on any atom is -0.492 e. The Hall–Kier alpha value is -2.61. The zero-order valence-corrected chi connectivity index (χ0v) is 10.9. The molecule has 1 heterocycles. The molecule has 0 saturated heterocycles. The molecule has 3 N–H and O–H groups in total. The molecule has 0 bridgehead atoms. The van der Waals surface area contributed by atoms with Crippen molar-refractivity contribution in [3.05, 3.63) is 40.7 Å². The number of rotatable bonds is 6. The van der Waals surface area contributed by atoms with Crippen LogP contribution in [0.2, 0.25) is 0 Å². The number of imidazole rings is 1. The Kier molecular flexibility index (Phi) is 4.16. The molecule has 0 saturated carbocycles. The van der Waals surface area contributed by atoms with E-state index in [-0.39, 0.29) is 5.82 Å². The van der Waals surface area contributed by atoms with E-state index in [9.17, 15) is 10.1 Å². The molecule has 0 amide bonds. The van der Waals surface area contributed by atoms with Crippen LogP contribution in [-0.4, -0.2) is 27.6 Å². The Labute approximate surface area is 115 Å². The lowest BCUT2D eigenvalue weighted by Gasteiger charge is -2.09. The second kappa shape index (κ2) is 6.02. The number of hydrogen-bond donors (Lipinski definition) is 2. The molecule has 1 aromatic carbocycles. The first-order chi connectivity index (χ1) is 9.61. The van der Waals surface area contributed by atoms with E-state index in [0.717, 1.165) is 0 Å². The Bertz CT molecular complexity index is 611. The molecule has 0 unspecified atom stereocenters. The number of aromatic nitrogens is 2. The predicted octanol–water partition coefficient (Wildman–Crippen LogP) is 1.41. The van der Waals surface area contributed by atoms with Crippen molar-refractivity contribution in [2.45, 2.75) is 0 Å². The van der Waals surface area contributed by atoms with Gasteiger partial charge in [0.25, 0.3) is 0 Å². The normalized spacial score (nSPS) is 10.3. The summed E-state index contributed by atoms with van der Waals surface area (Å²) >= 11 is 0. The Balaban J connectivity index is 2.22. The maximum Gasteiger partial charge on any atom is 0.406 e. The molecule has 0 aliphatic heterocycles. The zero-order chi connectivity index (χ0) is 14.5. The van der Waals surface area contributed by atoms with Gasteiger partial charge in [0.1, 0.15) is 12.4 Å². The van der Waals surface area contributed by atoms with Gasteiger partial charge in [-0.05, 0) is 22.0 Å². The Morgan fingerprint density at radius 1 is 1.55 bits per heavy atom. The molecular formula is C12H15N5O3. The third-order valence-electron chi connectivity index (χ3n) is 2.57. The summed E-state index contributed by atoms with van der Waals surface area (Å²) in [4.78, 5) is 14.1. The fourth-order valence-corrected chi connectivity index (χ4v) is 1.67. The molecule has 8 heteroatoms. The van der Waals surface area contributed by atoms with Crippen LogP contribution >= 0.6 is 0 Å². The van der Waals surface area contributed by atoms with Crippen LogP contribution < -0.4 is 15.8 Å². The fourth-order valence-electron chi connectivity index (χ4n) is 1.67. The molecule has 0 aliphatic carbocycles. The van der Waals surface area contributed by atoms with E-state index in [4.69, 9.17) is 10.5 Å². The number of anilines is 2. The summed E-state index contributed by atoms with van der Waals surface area (Å²) in [7, 11) is 1.68. The third kappa shape index (κ3) is 3.04. The number of nitro groups is 1. The van der Waals surface area contributed by atoms with Gasteiger partial charge >= 0.3 is 5.82 Å². The smallest absolute Gasteiger partial charge is 0.406 e. The lowest BCUT2D eigenvalue weighted by atomic mass is 10.3. The highest BCUT2D eigenvalue weighted by Crippen LogP contribution is 2.27. The zero-order valence-electron chi connectivity index (χ0n) is 10.9. The van der Waals surface area contributed by atoms with Crippen molar-refractivity contribution in [3.8, 4) is 5.75 Å². The summed E-state index contributed by atoms with van der Waals surface area (Å²) in [6, 6.07) is 7.10. The van der Waals surface area contributed by atoms with E-state index in [2.05, 4.69) is 10.3 Å². The van der Waals surface area contributed by atoms with Crippen LogP contribution in [0.5, 0.6) is 5.75 Å². The molecule has 0 atom stereocenters. The van der Waals surface area contributed by atoms with Crippen molar-refractivity contribution in [2.75, 3.05) is 18.5 Å². The summed E-state index contributed by atoms with van der Waals surface area (Å²) in [5.74, 6) is 0.733. The van der Waals surface area contributed by atoms with E-state index in [1.807, 2.05) is 0 Å². The first-order valence-corrected chi connectivity index (χ1v) is 5.97. The maximum atomic E-state index is 10.9. The van der Waals surface area contributed by atoms with E-state index < -0.39 is 4.92 Å². The number of hydrogen-bond acceptors (Lipinski definition) is 6. The average molecular weight is 277 g/mol. The van der Waals surface area contributed by atoms with Crippen molar-refractivity contribution in [1.82, 2.24) is 9.55 Å². The van der Waals surface area contributed by atoms with Gasteiger partial charge in [0.2, 0.25) is 12.1 Å². The summed E-state index contributed by atoms with van der Waals surface area (Å²) < 4.78 is 6.95. The maximum absolute atomic E-state index is 10.9. The standard InChI is InChI=1S/C12H15N5O3/c1-16-8-14-11(17(18)19)12(16)15-9-3-2-4-10(7-9)20-6-5-13/h2-4,7-8,15H,5-6,13H2,1H3. The van der Waals surface area contributed by atoms with Gasteiger partial charge in [-0.25, -0.2) is 0 Å². The minimum absolute atomic E-state index is 0.222. The Morgan fingerprint density at radius 2 is 2.35 bits per heavy atom. The van der Waals surface area contributed by atoms with Crippen LogP contribution in [0.25, 0.3) is 0 Å². The molecule has 2 rings (SSSR count). The lowest BCUT2D eigenvalue weighted by Crippen LogP contribution is -2.10. The number of nitrogens with one attached hydrogen (secondary N) is 1. The van der Waals surface area contributed by atoms with E-state index in [0.29, 0.717) is 30.4 Å². The highest BCUT2D eigenvalue weighted by molar-refractivity contribution is 5.64. The first kappa shape index (κ1) is 13.8. The quantitative estimate of drug-likeness (QED) is 0.610. The molecule has 2 aromatic rings. The number of nitrogens with zero attached hydrogens (tertiary/aromatic N) is 3. The summed E-state index contributed by atoms with van der Waals surface area (Å²) in [5, 5.41) is 13.9. The van der Waals surface area contributed by atoms with Gasteiger partial charge in [0.15, 0.2) is 0 Å². The number of nitrogens with two attached hydrogens (primary N) is 1. The topological polar surface area (TPSA) is 108 Å². The highest BCUT2D eigenvalue weighted by atomic mass is 16.6. The molecule has 106 valence electrons. The van der Waals surface area contributed by atoms with Gasteiger partial charge in [-0.1, -0.05) is 6.07 Å². The second-order valence-electron chi connectivity index (χ2n) is 4.07. The number of ether oxygens (including phenoxy) is 1. The third-order valence-corrected chi connectivity index (χ3v) is 2.57. The van der Waals surface area contributed by atoms with E-state index in [1.54, 1.807) is 35.9 Å². The molecule has 1 aromatic heterocycles. The summed E-state index contributed by atoms with van der Waals surface area (Å²) in [5.41, 5.74) is 6.04. The molecular weight excluding hydrogens is 262 g/mol. The van der Waals surface area contributed by atoms with Crippen molar-refractivity contribution < 1.29 is 9.66 Å². The van der Waals surface area contributed by atoms with Crippen molar-refractivity contribution in [3.63, 3.8) is 0 Å². The van der Waals surface area contributed by atoms with Crippen LogP contribution in [0.1, 0.15) is 0 Å². The van der Waals surface area contributed by atoms with Gasteiger partial charge in [-0.2, -0.15) is 0 Å². The second-order valence-corrected chi connectivity index (χ2v) is 4.07. The Morgan fingerprint density at radius 3 is 3.05 bits per heavy atom. The fraction of sp³-hybridized carbons (Fsp3) is 0.250. The van der Waals surface area contributed by atoms with Crippen LogP contribution in [0, 0.1) is 10.1 Å². The average Bonchev–Trinajstić information content (AvgIpc) is 2.79. The molecule has 20 heavy (non-hydrogen) atoms. The molecule has 0 aliphatic rings. The van der Waals surface area contributed by atoms with Gasteiger partial charge in [0.05, 0.1) is 0 Å². The first-order valence-electron chi connectivity index (χ1n) is 5.97. The number of benzene rings is 1. The lowest BCUT2D eigenvalue weighted by molar-refractivity contribution is -0.388. The minimum atomic E-state index is -0.531. The van der Waals surface area contributed by atoms with Gasteiger partial charge in [0, 0.05) is 25.3 Å². The van der Waals surface area contributed by atoms with Crippen LogP contribution in [0.4, 0.5) is 17.3 Å². The van der Waals surface area contributed by atoms with Crippen LogP contribution in [0.15, 0.2) is 30.6 Å². The molecule has 0 fully saturated rings. The summed E-state index contributed by atoms with van der Waals surface area (Å²) in [6.07, 6.45) is 1.38. The van der Waals surface area contributed by atoms with Crippen molar-refractivity contribution in [2.24, 2.45) is 12.8 Å². The van der Waals surface area contributed by atoms with Crippen molar-refractivity contribution in [1.29, 1.82) is 0 Å². The largest absolute Gasteiger partial charge is 0.492 e. The molecule has 0 radical (unpaired) electrons. The van der Waals surface area contributed by atoms with Gasteiger partial charge in [-0.15, -0.1) is 0 Å². The van der Waals surface area contributed by atoms with E-state index >= 15 is 0 Å².